The fourth-order valence-corrected chi connectivity index (χ4v) is 4.36. The minimum atomic E-state index is 0.714. The SMILES string of the molecule is COc1cc(SC)c(OC)cc1CN1CCN(C2CCOCC2)CC1. The van der Waals surface area contributed by atoms with E-state index in [0.717, 1.165) is 62.3 Å². The molecule has 0 spiro atoms. The molecule has 0 radical (unpaired) electrons. The van der Waals surface area contributed by atoms with Crippen LogP contribution in [-0.2, 0) is 11.3 Å². The normalized spacial score (nSPS) is 20.6. The molecule has 25 heavy (non-hydrogen) atoms. The number of methoxy groups -OCH3 is 2. The second-order valence-corrected chi connectivity index (χ2v) is 7.52. The van der Waals surface area contributed by atoms with Crippen molar-refractivity contribution in [2.24, 2.45) is 0 Å². The summed E-state index contributed by atoms with van der Waals surface area (Å²) in [7, 11) is 3.48. The smallest absolute Gasteiger partial charge is 0.132 e. The van der Waals surface area contributed by atoms with Crippen molar-refractivity contribution in [2.75, 3.05) is 59.9 Å². The van der Waals surface area contributed by atoms with Crippen LogP contribution in [0.1, 0.15) is 18.4 Å². The van der Waals surface area contributed by atoms with Crippen LogP contribution < -0.4 is 9.47 Å². The van der Waals surface area contributed by atoms with Crippen molar-refractivity contribution in [1.29, 1.82) is 0 Å². The molecule has 2 aliphatic heterocycles. The van der Waals surface area contributed by atoms with Gasteiger partial charge in [-0.25, -0.2) is 0 Å². The Kier molecular flexibility index (Phi) is 6.87. The van der Waals surface area contributed by atoms with Crippen LogP contribution in [0.2, 0.25) is 0 Å². The Morgan fingerprint density at radius 2 is 1.72 bits per heavy atom. The third-order valence-corrected chi connectivity index (χ3v) is 6.05. The summed E-state index contributed by atoms with van der Waals surface area (Å²) in [5.41, 5.74) is 1.21. The Bertz CT molecular complexity index is 556. The lowest BCUT2D eigenvalue weighted by Crippen LogP contribution is -2.51. The van der Waals surface area contributed by atoms with Gasteiger partial charge in [-0.1, -0.05) is 0 Å². The van der Waals surface area contributed by atoms with Gasteiger partial charge in [0.1, 0.15) is 11.5 Å². The average Bonchev–Trinajstić information content (AvgIpc) is 2.69. The van der Waals surface area contributed by atoms with Crippen LogP contribution in [-0.4, -0.2) is 75.7 Å². The highest BCUT2D eigenvalue weighted by atomic mass is 32.2. The van der Waals surface area contributed by atoms with Crippen LogP contribution in [0.5, 0.6) is 11.5 Å². The largest absolute Gasteiger partial charge is 0.496 e. The highest BCUT2D eigenvalue weighted by Crippen LogP contribution is 2.35. The van der Waals surface area contributed by atoms with Gasteiger partial charge >= 0.3 is 0 Å². The topological polar surface area (TPSA) is 34.2 Å². The number of benzene rings is 1. The van der Waals surface area contributed by atoms with E-state index in [2.05, 4.69) is 28.2 Å². The summed E-state index contributed by atoms with van der Waals surface area (Å²) in [5.74, 6) is 1.89. The number of piperazine rings is 1. The highest BCUT2D eigenvalue weighted by Gasteiger charge is 2.26. The standard InChI is InChI=1S/C19H30N2O3S/c1-22-17-13-19(25-3)18(23-2)12-15(17)14-20-6-8-21(9-7-20)16-4-10-24-11-5-16/h12-13,16H,4-11,14H2,1-3H3. The van der Waals surface area contributed by atoms with Gasteiger partial charge in [-0.3, -0.25) is 9.80 Å². The molecule has 3 rings (SSSR count). The van der Waals surface area contributed by atoms with Gasteiger partial charge in [-0.15, -0.1) is 11.8 Å². The molecule has 0 atom stereocenters. The van der Waals surface area contributed by atoms with Crippen molar-refractivity contribution in [3.05, 3.63) is 17.7 Å². The van der Waals surface area contributed by atoms with Gasteiger partial charge in [0, 0.05) is 57.5 Å². The number of nitrogens with zero attached hydrogens (tertiary/aromatic N) is 2. The van der Waals surface area contributed by atoms with Gasteiger partial charge < -0.3 is 14.2 Å². The summed E-state index contributed by atoms with van der Waals surface area (Å²) in [6.07, 6.45) is 4.43. The van der Waals surface area contributed by atoms with Crippen molar-refractivity contribution in [2.45, 2.75) is 30.3 Å². The van der Waals surface area contributed by atoms with Crippen molar-refractivity contribution in [3.63, 3.8) is 0 Å². The number of hydrogen-bond acceptors (Lipinski definition) is 6. The van der Waals surface area contributed by atoms with Gasteiger partial charge in [-0.2, -0.15) is 0 Å². The lowest BCUT2D eigenvalue weighted by atomic mass is 10.1. The van der Waals surface area contributed by atoms with Gasteiger partial charge in [0.05, 0.1) is 19.1 Å². The predicted octanol–water partition coefficient (Wildman–Crippen LogP) is 2.72. The minimum Gasteiger partial charge on any atom is -0.496 e. The van der Waals surface area contributed by atoms with E-state index >= 15 is 0 Å². The first-order chi connectivity index (χ1) is 12.2. The summed E-state index contributed by atoms with van der Waals surface area (Å²) < 4.78 is 16.7. The van der Waals surface area contributed by atoms with Crippen molar-refractivity contribution in [1.82, 2.24) is 9.80 Å². The molecule has 2 fully saturated rings. The maximum Gasteiger partial charge on any atom is 0.132 e. The summed E-state index contributed by atoms with van der Waals surface area (Å²) in [4.78, 5) is 6.28. The molecule has 0 N–H and O–H groups in total. The molecular formula is C19H30N2O3S. The maximum absolute atomic E-state index is 5.63. The van der Waals surface area contributed by atoms with Gasteiger partial charge in [0.15, 0.2) is 0 Å². The number of hydrogen-bond donors (Lipinski definition) is 0. The molecule has 2 aliphatic rings. The zero-order valence-corrected chi connectivity index (χ0v) is 16.4. The molecule has 2 saturated heterocycles. The first-order valence-corrected chi connectivity index (χ1v) is 10.3. The van der Waals surface area contributed by atoms with Crippen molar-refractivity contribution < 1.29 is 14.2 Å². The molecule has 0 aliphatic carbocycles. The average molecular weight is 367 g/mol. The molecule has 0 unspecified atom stereocenters. The van der Waals surface area contributed by atoms with Gasteiger partial charge in [0.25, 0.3) is 0 Å². The Morgan fingerprint density at radius 3 is 2.32 bits per heavy atom. The second kappa shape index (κ2) is 9.12. The molecule has 0 amide bonds. The Morgan fingerprint density at radius 1 is 1.04 bits per heavy atom. The van der Waals surface area contributed by atoms with Crippen molar-refractivity contribution >= 4 is 11.8 Å². The fraction of sp³-hybridized carbons (Fsp3) is 0.684. The Balaban J connectivity index is 1.61. The third-order valence-electron chi connectivity index (χ3n) is 5.29. The highest BCUT2D eigenvalue weighted by molar-refractivity contribution is 7.98. The van der Waals surface area contributed by atoms with Crippen LogP contribution in [0.3, 0.4) is 0 Å². The lowest BCUT2D eigenvalue weighted by molar-refractivity contribution is 0.0125. The zero-order chi connectivity index (χ0) is 17.6. The number of rotatable bonds is 6. The molecule has 2 heterocycles. The molecule has 5 nitrogen and oxygen atoms in total. The molecule has 0 aromatic heterocycles. The van der Waals surface area contributed by atoms with Gasteiger partial charge in [-0.05, 0) is 31.2 Å². The fourth-order valence-electron chi connectivity index (χ4n) is 3.79. The van der Waals surface area contributed by atoms with E-state index in [1.54, 1.807) is 26.0 Å². The quantitative estimate of drug-likeness (QED) is 0.720. The van der Waals surface area contributed by atoms with E-state index in [4.69, 9.17) is 14.2 Å². The maximum atomic E-state index is 5.63. The van der Waals surface area contributed by atoms with E-state index < -0.39 is 0 Å². The number of thioether (sulfide) groups is 1. The predicted molar refractivity (Wildman–Crippen MR) is 102 cm³/mol. The molecule has 140 valence electrons. The molecule has 6 heteroatoms. The Labute approximate surface area is 155 Å². The summed E-state index contributed by atoms with van der Waals surface area (Å²) in [5, 5.41) is 0. The Hall–Kier alpha value is -0.950. The van der Waals surface area contributed by atoms with Crippen LogP contribution >= 0.6 is 11.8 Å². The van der Waals surface area contributed by atoms with Crippen LogP contribution in [0, 0.1) is 0 Å². The third kappa shape index (κ3) is 4.61. The van der Waals surface area contributed by atoms with Crippen molar-refractivity contribution in [3.8, 4) is 11.5 Å². The minimum absolute atomic E-state index is 0.714. The lowest BCUT2D eigenvalue weighted by Gasteiger charge is -2.40. The molecule has 0 bridgehead atoms. The first-order valence-electron chi connectivity index (χ1n) is 9.08. The second-order valence-electron chi connectivity index (χ2n) is 6.67. The number of ether oxygens (including phenoxy) is 3. The molecule has 1 aromatic carbocycles. The van der Waals surface area contributed by atoms with E-state index in [-0.39, 0.29) is 0 Å². The van der Waals surface area contributed by atoms with E-state index in [1.807, 2.05) is 0 Å². The van der Waals surface area contributed by atoms with Crippen LogP contribution in [0.15, 0.2) is 17.0 Å². The van der Waals surface area contributed by atoms with E-state index in [9.17, 15) is 0 Å². The summed E-state index contributed by atoms with van der Waals surface area (Å²) in [6.45, 7) is 7.25. The van der Waals surface area contributed by atoms with Crippen LogP contribution in [0.25, 0.3) is 0 Å². The summed E-state index contributed by atoms with van der Waals surface area (Å²) in [6, 6.07) is 4.94. The monoisotopic (exact) mass is 366 g/mol. The van der Waals surface area contributed by atoms with E-state index in [1.165, 1.54) is 18.4 Å². The van der Waals surface area contributed by atoms with Crippen LogP contribution in [0.4, 0.5) is 0 Å². The molecular weight excluding hydrogens is 336 g/mol. The first kappa shape index (κ1) is 18.8. The molecule has 1 aromatic rings. The van der Waals surface area contributed by atoms with Gasteiger partial charge in [0.2, 0.25) is 0 Å². The molecule has 0 saturated carbocycles. The van der Waals surface area contributed by atoms with E-state index in [0.29, 0.717) is 6.04 Å². The zero-order valence-electron chi connectivity index (χ0n) is 15.6. The summed E-state index contributed by atoms with van der Waals surface area (Å²) >= 11 is 1.68.